The summed E-state index contributed by atoms with van der Waals surface area (Å²) < 4.78 is 1.49. The van der Waals surface area contributed by atoms with Crippen molar-refractivity contribution in [2.75, 3.05) is 0 Å². The average molecular weight is 453 g/mol. The van der Waals surface area contributed by atoms with Gasteiger partial charge >= 0.3 is 0 Å². The number of aromatic amines is 1. The van der Waals surface area contributed by atoms with E-state index in [1.54, 1.807) is 36.4 Å². The first kappa shape index (κ1) is 16.8. The topological polar surface area (TPSA) is 98.0 Å². The molecule has 0 bridgehead atoms. The number of hydrogen-bond donors (Lipinski definition) is 3. The summed E-state index contributed by atoms with van der Waals surface area (Å²) >= 11 is 6.73. The fourth-order valence-corrected chi connectivity index (χ4v) is 3.55. The molecule has 0 spiro atoms. The van der Waals surface area contributed by atoms with Crippen LogP contribution >= 0.6 is 31.9 Å². The van der Waals surface area contributed by atoms with E-state index in [4.69, 9.17) is 0 Å². The van der Waals surface area contributed by atoms with Crippen LogP contribution in [-0.4, -0.2) is 21.1 Å². The molecule has 1 amide bonds. The Kier molecular flexibility index (Phi) is 4.79. The minimum absolute atomic E-state index is 0.126. The molecule has 3 N–H and O–H groups in total. The Morgan fingerprint density at radius 1 is 1.17 bits per heavy atom. The van der Waals surface area contributed by atoms with Gasteiger partial charge in [-0.1, -0.05) is 46.3 Å². The number of nitrogens with zero attached hydrogens (tertiary/aromatic N) is 2. The van der Waals surface area contributed by atoms with Crippen LogP contribution in [0.2, 0.25) is 0 Å². The van der Waals surface area contributed by atoms with Gasteiger partial charge in [0, 0.05) is 14.3 Å². The molecule has 1 unspecified atom stereocenters. The van der Waals surface area contributed by atoms with Gasteiger partial charge in [-0.2, -0.15) is 0 Å². The highest BCUT2D eigenvalue weighted by Gasteiger charge is 2.18. The molecular formula is C16H11Br2N3O3. The van der Waals surface area contributed by atoms with Crippen LogP contribution in [0.5, 0.6) is 5.88 Å². The van der Waals surface area contributed by atoms with Crippen LogP contribution in [0.3, 0.4) is 0 Å². The zero-order chi connectivity index (χ0) is 17.3. The number of benzene rings is 2. The number of halogens is 2. The number of hydrogen-bond acceptors (Lipinski definition) is 4. The van der Waals surface area contributed by atoms with E-state index in [1.165, 1.54) is 0 Å². The van der Waals surface area contributed by atoms with Crippen molar-refractivity contribution in [2.45, 2.75) is 6.10 Å². The molecule has 0 aliphatic heterocycles. The van der Waals surface area contributed by atoms with Gasteiger partial charge in [-0.3, -0.25) is 4.79 Å². The lowest BCUT2D eigenvalue weighted by Crippen LogP contribution is -2.08. The SMILES string of the molecule is O=C(N=Nc1c(O)[nH]c2c(Br)cc(Br)cc12)C(O)c1ccccc1. The van der Waals surface area contributed by atoms with Crippen molar-refractivity contribution in [3.05, 3.63) is 57.0 Å². The second kappa shape index (κ2) is 6.84. The number of aliphatic hydroxyl groups excluding tert-OH is 1. The Balaban J connectivity index is 1.93. The van der Waals surface area contributed by atoms with E-state index < -0.39 is 12.0 Å². The summed E-state index contributed by atoms with van der Waals surface area (Å²) in [6.45, 7) is 0. The minimum Gasteiger partial charge on any atom is -0.493 e. The molecule has 0 aliphatic rings. The second-order valence-corrected chi connectivity index (χ2v) is 6.75. The van der Waals surface area contributed by atoms with Crippen LogP contribution in [0.25, 0.3) is 10.9 Å². The van der Waals surface area contributed by atoms with Gasteiger partial charge in [0.2, 0.25) is 5.88 Å². The molecule has 1 aromatic heterocycles. The monoisotopic (exact) mass is 451 g/mol. The molecule has 6 nitrogen and oxygen atoms in total. The standard InChI is InChI=1S/C16H11Br2N3O3/c17-9-6-10-12(11(18)7-9)19-15(23)13(10)20-21-16(24)14(22)8-4-2-1-3-5-8/h1-7,14,19,22-23H. The molecule has 3 aromatic rings. The normalized spacial score (nSPS) is 12.8. The lowest BCUT2D eigenvalue weighted by atomic mass is 10.1. The zero-order valence-electron chi connectivity index (χ0n) is 12.1. The molecule has 122 valence electrons. The predicted molar refractivity (Wildman–Crippen MR) is 96.3 cm³/mol. The number of fused-ring (bicyclic) bond motifs is 1. The van der Waals surface area contributed by atoms with Gasteiger partial charge in [0.15, 0.2) is 11.8 Å². The van der Waals surface area contributed by atoms with Crippen LogP contribution in [0, 0.1) is 0 Å². The fraction of sp³-hybridized carbons (Fsp3) is 0.0625. The molecule has 0 radical (unpaired) electrons. The van der Waals surface area contributed by atoms with Crippen molar-refractivity contribution < 1.29 is 15.0 Å². The first-order valence-electron chi connectivity index (χ1n) is 6.85. The number of aromatic nitrogens is 1. The van der Waals surface area contributed by atoms with Crippen molar-refractivity contribution in [1.82, 2.24) is 4.98 Å². The molecule has 3 rings (SSSR count). The van der Waals surface area contributed by atoms with E-state index in [2.05, 4.69) is 47.1 Å². The van der Waals surface area contributed by atoms with Gasteiger partial charge < -0.3 is 15.2 Å². The van der Waals surface area contributed by atoms with E-state index >= 15 is 0 Å². The van der Waals surface area contributed by atoms with Crippen LogP contribution in [-0.2, 0) is 4.79 Å². The summed E-state index contributed by atoms with van der Waals surface area (Å²) in [5, 5.41) is 27.9. The highest BCUT2D eigenvalue weighted by Crippen LogP contribution is 2.40. The number of carbonyl (C=O) groups excluding carboxylic acids is 1. The van der Waals surface area contributed by atoms with Crippen molar-refractivity contribution >= 4 is 54.4 Å². The number of rotatable bonds is 3. The Morgan fingerprint density at radius 3 is 2.58 bits per heavy atom. The maximum Gasteiger partial charge on any atom is 0.297 e. The predicted octanol–water partition coefficient (Wildman–Crippen LogP) is 4.74. The van der Waals surface area contributed by atoms with Gasteiger partial charge in [-0.15, -0.1) is 10.2 Å². The summed E-state index contributed by atoms with van der Waals surface area (Å²) in [4.78, 5) is 14.8. The van der Waals surface area contributed by atoms with Gasteiger partial charge in [-0.05, 0) is 33.6 Å². The number of carbonyl (C=O) groups is 1. The Labute approximate surface area is 153 Å². The van der Waals surface area contributed by atoms with Crippen molar-refractivity contribution in [3.63, 3.8) is 0 Å². The van der Waals surface area contributed by atoms with Crippen molar-refractivity contribution in [1.29, 1.82) is 0 Å². The summed E-state index contributed by atoms with van der Waals surface area (Å²) in [5.41, 5.74) is 1.18. The minimum atomic E-state index is -1.40. The number of aliphatic hydroxyl groups is 1. The highest BCUT2D eigenvalue weighted by molar-refractivity contribution is 9.11. The van der Waals surface area contributed by atoms with Gasteiger partial charge in [0.1, 0.15) is 0 Å². The van der Waals surface area contributed by atoms with Crippen LogP contribution in [0.15, 0.2) is 61.6 Å². The molecule has 8 heteroatoms. The van der Waals surface area contributed by atoms with E-state index in [-0.39, 0.29) is 11.6 Å². The lowest BCUT2D eigenvalue weighted by molar-refractivity contribution is -0.126. The third kappa shape index (κ3) is 3.26. The van der Waals surface area contributed by atoms with Crippen molar-refractivity contribution in [2.24, 2.45) is 10.2 Å². The third-order valence-corrected chi connectivity index (χ3v) is 4.46. The van der Waals surface area contributed by atoms with Crippen LogP contribution < -0.4 is 0 Å². The fourth-order valence-electron chi connectivity index (χ4n) is 2.23. The molecule has 1 heterocycles. The number of nitrogens with one attached hydrogen (secondary N) is 1. The maximum absolute atomic E-state index is 12.0. The highest BCUT2D eigenvalue weighted by atomic mass is 79.9. The number of azo groups is 1. The van der Waals surface area contributed by atoms with Gasteiger partial charge in [-0.25, -0.2) is 0 Å². The molecule has 0 saturated carbocycles. The van der Waals surface area contributed by atoms with Crippen molar-refractivity contribution in [3.8, 4) is 5.88 Å². The van der Waals surface area contributed by atoms with Crippen LogP contribution in [0.4, 0.5) is 5.69 Å². The molecule has 24 heavy (non-hydrogen) atoms. The smallest absolute Gasteiger partial charge is 0.297 e. The molecule has 0 fully saturated rings. The molecule has 0 aliphatic carbocycles. The zero-order valence-corrected chi connectivity index (χ0v) is 15.2. The van der Waals surface area contributed by atoms with E-state index in [9.17, 15) is 15.0 Å². The molecule has 2 aromatic carbocycles. The Bertz CT molecular complexity index is 939. The maximum atomic E-state index is 12.0. The second-order valence-electron chi connectivity index (χ2n) is 4.98. The molecular weight excluding hydrogens is 442 g/mol. The van der Waals surface area contributed by atoms with E-state index in [0.717, 1.165) is 8.95 Å². The largest absolute Gasteiger partial charge is 0.493 e. The number of H-pyrrole nitrogens is 1. The average Bonchev–Trinajstić information content (AvgIpc) is 2.88. The van der Waals surface area contributed by atoms with E-state index in [1.807, 2.05) is 6.07 Å². The van der Waals surface area contributed by atoms with E-state index in [0.29, 0.717) is 16.5 Å². The first-order chi connectivity index (χ1) is 11.5. The quantitative estimate of drug-likeness (QED) is 0.500. The Morgan fingerprint density at radius 2 is 1.88 bits per heavy atom. The Hall–Kier alpha value is -2.03. The first-order valence-corrected chi connectivity index (χ1v) is 8.44. The summed E-state index contributed by atoms with van der Waals surface area (Å²) in [5.74, 6) is -1.03. The third-order valence-electron chi connectivity index (χ3n) is 3.38. The number of aromatic hydroxyl groups is 1. The van der Waals surface area contributed by atoms with Crippen LogP contribution in [0.1, 0.15) is 11.7 Å². The number of amides is 1. The summed E-state index contributed by atoms with van der Waals surface area (Å²) in [7, 11) is 0. The molecule has 1 atom stereocenters. The summed E-state index contributed by atoms with van der Waals surface area (Å²) in [6.07, 6.45) is -1.40. The van der Waals surface area contributed by atoms with Gasteiger partial charge in [0.05, 0.1) is 5.52 Å². The summed E-state index contributed by atoms with van der Waals surface area (Å²) in [6, 6.07) is 12.0. The lowest BCUT2D eigenvalue weighted by Gasteiger charge is -2.04. The molecule has 0 saturated heterocycles. The van der Waals surface area contributed by atoms with Gasteiger partial charge in [0.25, 0.3) is 5.91 Å².